The van der Waals surface area contributed by atoms with E-state index in [1.807, 2.05) is 6.07 Å². The van der Waals surface area contributed by atoms with E-state index in [-0.39, 0.29) is 17.6 Å². The molecule has 0 bridgehead atoms. The van der Waals surface area contributed by atoms with Gasteiger partial charge < -0.3 is 14.9 Å². The van der Waals surface area contributed by atoms with Crippen LogP contribution in [0.4, 0.5) is 0 Å². The summed E-state index contributed by atoms with van der Waals surface area (Å²) in [4.78, 5) is 12.0. The van der Waals surface area contributed by atoms with Crippen LogP contribution in [0.1, 0.15) is 40.5 Å². The average molecular weight is 258 g/mol. The third kappa shape index (κ3) is 2.19. The number of hydrogen-bond donors (Lipinski definition) is 2. The fourth-order valence-corrected chi connectivity index (χ4v) is 2.54. The third-order valence-corrected chi connectivity index (χ3v) is 3.46. The van der Waals surface area contributed by atoms with Gasteiger partial charge in [0.05, 0.1) is 6.04 Å². The Hall–Kier alpha value is -2.30. The van der Waals surface area contributed by atoms with Crippen LogP contribution in [0.5, 0.6) is 5.75 Å². The van der Waals surface area contributed by atoms with Crippen molar-refractivity contribution in [3.8, 4) is 5.75 Å². The highest BCUT2D eigenvalue weighted by Crippen LogP contribution is 2.34. The zero-order valence-corrected chi connectivity index (χ0v) is 10.3. The number of nitrogens with one attached hydrogen (secondary N) is 1. The zero-order valence-electron chi connectivity index (χ0n) is 10.3. The van der Waals surface area contributed by atoms with Gasteiger partial charge >= 0.3 is 0 Å². The van der Waals surface area contributed by atoms with E-state index < -0.39 is 0 Å². The Balaban J connectivity index is 1.84. The van der Waals surface area contributed by atoms with Crippen molar-refractivity contribution >= 4 is 5.91 Å². The molecule has 98 valence electrons. The van der Waals surface area contributed by atoms with Crippen molar-refractivity contribution in [1.29, 1.82) is 0 Å². The summed E-state index contributed by atoms with van der Waals surface area (Å²) in [6, 6.07) is 6.87. The molecule has 0 saturated carbocycles. The van der Waals surface area contributed by atoms with E-state index in [2.05, 4.69) is 15.0 Å². The summed E-state index contributed by atoms with van der Waals surface area (Å²) in [5.41, 5.74) is 2.19. The van der Waals surface area contributed by atoms with E-state index in [0.717, 1.165) is 30.4 Å². The fraction of sp³-hybridized carbons (Fsp3) is 0.286. The number of aromatic hydroxyl groups is 1. The summed E-state index contributed by atoms with van der Waals surface area (Å²) >= 11 is 0. The van der Waals surface area contributed by atoms with Crippen LogP contribution in [0, 0.1) is 0 Å². The fourth-order valence-electron chi connectivity index (χ4n) is 2.54. The SMILES string of the molecule is O=C(NC1CCCc2c(O)cccc21)c1ccon1. The van der Waals surface area contributed by atoms with Gasteiger partial charge in [-0.25, -0.2) is 0 Å². The molecule has 1 amide bonds. The molecule has 3 rings (SSSR count). The number of nitrogens with zero attached hydrogens (tertiary/aromatic N) is 1. The van der Waals surface area contributed by atoms with Crippen LogP contribution < -0.4 is 5.32 Å². The average Bonchev–Trinajstić information content (AvgIpc) is 2.94. The molecule has 1 aliphatic rings. The van der Waals surface area contributed by atoms with Gasteiger partial charge in [0.1, 0.15) is 12.0 Å². The molecular weight excluding hydrogens is 244 g/mol. The Morgan fingerprint density at radius 1 is 1.42 bits per heavy atom. The maximum absolute atomic E-state index is 12.0. The van der Waals surface area contributed by atoms with Crippen molar-refractivity contribution in [3.05, 3.63) is 47.3 Å². The van der Waals surface area contributed by atoms with Crippen molar-refractivity contribution in [2.45, 2.75) is 25.3 Å². The minimum atomic E-state index is -0.255. The predicted octanol–water partition coefficient (Wildman–Crippen LogP) is 2.19. The molecule has 0 aliphatic heterocycles. The van der Waals surface area contributed by atoms with Gasteiger partial charge in [0.25, 0.3) is 5.91 Å². The van der Waals surface area contributed by atoms with E-state index in [4.69, 9.17) is 0 Å². The van der Waals surface area contributed by atoms with Gasteiger partial charge in [-0.15, -0.1) is 0 Å². The molecule has 2 N–H and O–H groups in total. The topological polar surface area (TPSA) is 75.4 Å². The lowest BCUT2D eigenvalue weighted by Crippen LogP contribution is -2.31. The molecule has 1 atom stereocenters. The second-order valence-corrected chi connectivity index (χ2v) is 4.65. The number of rotatable bonds is 2. The van der Waals surface area contributed by atoms with E-state index in [9.17, 15) is 9.90 Å². The number of fused-ring (bicyclic) bond motifs is 1. The molecule has 5 nitrogen and oxygen atoms in total. The lowest BCUT2D eigenvalue weighted by Gasteiger charge is -2.26. The molecule has 19 heavy (non-hydrogen) atoms. The standard InChI is InChI=1S/C14H14N2O3/c17-13-6-2-3-9-10(13)4-1-5-11(9)15-14(18)12-7-8-19-16-12/h2-3,6-8,11,17H,1,4-5H2,(H,15,18). The number of hydrogen-bond acceptors (Lipinski definition) is 4. The normalized spacial score (nSPS) is 17.8. The molecule has 1 aromatic heterocycles. The smallest absolute Gasteiger partial charge is 0.273 e. The number of phenols is 1. The molecule has 1 unspecified atom stereocenters. The van der Waals surface area contributed by atoms with Gasteiger partial charge in [0.2, 0.25) is 0 Å². The van der Waals surface area contributed by atoms with Crippen LogP contribution in [-0.4, -0.2) is 16.2 Å². The maximum Gasteiger partial charge on any atom is 0.273 e. The minimum absolute atomic E-state index is 0.0833. The van der Waals surface area contributed by atoms with Gasteiger partial charge in [-0.1, -0.05) is 17.3 Å². The molecule has 2 aromatic rings. The Bertz CT molecular complexity index is 593. The lowest BCUT2D eigenvalue weighted by molar-refractivity contribution is 0.0923. The van der Waals surface area contributed by atoms with Gasteiger partial charge in [0.15, 0.2) is 5.69 Å². The number of amides is 1. The second kappa shape index (κ2) is 4.76. The van der Waals surface area contributed by atoms with Gasteiger partial charge in [-0.3, -0.25) is 4.79 Å². The van der Waals surface area contributed by atoms with Gasteiger partial charge in [-0.05, 0) is 36.5 Å². The molecule has 0 fully saturated rings. The van der Waals surface area contributed by atoms with E-state index in [1.165, 1.54) is 12.3 Å². The summed E-state index contributed by atoms with van der Waals surface area (Å²) < 4.78 is 4.66. The summed E-state index contributed by atoms with van der Waals surface area (Å²) in [6.07, 6.45) is 4.02. The quantitative estimate of drug-likeness (QED) is 0.865. The number of phenolic OH excluding ortho intramolecular Hbond substituents is 1. The Labute approximate surface area is 110 Å². The molecule has 0 saturated heterocycles. The minimum Gasteiger partial charge on any atom is -0.508 e. The second-order valence-electron chi connectivity index (χ2n) is 4.65. The first kappa shape index (κ1) is 11.8. The largest absolute Gasteiger partial charge is 0.508 e. The van der Waals surface area contributed by atoms with Crippen LogP contribution in [0.3, 0.4) is 0 Å². The predicted molar refractivity (Wildman–Crippen MR) is 67.8 cm³/mol. The first-order chi connectivity index (χ1) is 9.25. The Morgan fingerprint density at radius 2 is 2.32 bits per heavy atom. The highest BCUT2D eigenvalue weighted by molar-refractivity contribution is 5.92. The van der Waals surface area contributed by atoms with Crippen molar-refractivity contribution in [3.63, 3.8) is 0 Å². The van der Waals surface area contributed by atoms with Crippen LogP contribution in [-0.2, 0) is 6.42 Å². The van der Waals surface area contributed by atoms with Crippen LogP contribution in [0.15, 0.2) is 35.1 Å². The molecule has 0 spiro atoms. The first-order valence-electron chi connectivity index (χ1n) is 6.27. The van der Waals surface area contributed by atoms with Crippen molar-refractivity contribution in [2.75, 3.05) is 0 Å². The molecule has 1 aromatic carbocycles. The monoisotopic (exact) mass is 258 g/mol. The summed E-state index contributed by atoms with van der Waals surface area (Å²) in [5.74, 6) is 0.0489. The Kier molecular flexibility index (Phi) is 2.95. The summed E-state index contributed by atoms with van der Waals surface area (Å²) in [5, 5.41) is 16.4. The highest BCUT2D eigenvalue weighted by atomic mass is 16.5. The van der Waals surface area contributed by atoms with Crippen molar-refractivity contribution in [2.24, 2.45) is 0 Å². The third-order valence-electron chi connectivity index (χ3n) is 3.46. The van der Waals surface area contributed by atoms with Crippen LogP contribution in [0.25, 0.3) is 0 Å². The number of carbonyl (C=O) groups excluding carboxylic acids is 1. The summed E-state index contributed by atoms with van der Waals surface area (Å²) in [7, 11) is 0. The van der Waals surface area contributed by atoms with Gasteiger partial charge in [0, 0.05) is 6.07 Å². The van der Waals surface area contributed by atoms with Crippen LogP contribution >= 0.6 is 0 Å². The molecule has 5 heteroatoms. The summed E-state index contributed by atoms with van der Waals surface area (Å²) in [6.45, 7) is 0. The zero-order chi connectivity index (χ0) is 13.2. The van der Waals surface area contributed by atoms with E-state index in [0.29, 0.717) is 5.75 Å². The number of carbonyl (C=O) groups is 1. The molecule has 0 radical (unpaired) electrons. The first-order valence-corrected chi connectivity index (χ1v) is 6.27. The molecular formula is C14H14N2O3. The highest BCUT2D eigenvalue weighted by Gasteiger charge is 2.24. The van der Waals surface area contributed by atoms with Crippen molar-refractivity contribution < 1.29 is 14.4 Å². The van der Waals surface area contributed by atoms with Gasteiger partial charge in [-0.2, -0.15) is 0 Å². The number of aromatic nitrogens is 1. The lowest BCUT2D eigenvalue weighted by atomic mass is 9.87. The van der Waals surface area contributed by atoms with E-state index in [1.54, 1.807) is 12.1 Å². The van der Waals surface area contributed by atoms with Crippen LogP contribution in [0.2, 0.25) is 0 Å². The maximum atomic E-state index is 12.0. The van der Waals surface area contributed by atoms with E-state index >= 15 is 0 Å². The Morgan fingerprint density at radius 3 is 3.11 bits per heavy atom. The van der Waals surface area contributed by atoms with Crippen molar-refractivity contribution in [1.82, 2.24) is 10.5 Å². The molecule has 1 aliphatic carbocycles. The molecule has 1 heterocycles. The number of benzene rings is 1.